The summed E-state index contributed by atoms with van der Waals surface area (Å²) in [4.78, 5) is 18.1. The summed E-state index contributed by atoms with van der Waals surface area (Å²) in [6, 6.07) is 16.2. The third-order valence-electron chi connectivity index (χ3n) is 5.84. The van der Waals surface area contributed by atoms with E-state index in [1.54, 1.807) is 6.20 Å². The van der Waals surface area contributed by atoms with Gasteiger partial charge in [0.05, 0.1) is 30.3 Å². The molecule has 2 aromatic heterocycles. The Hall–Kier alpha value is -3.70. The Balaban J connectivity index is 1.33. The van der Waals surface area contributed by atoms with Gasteiger partial charge < -0.3 is 19.9 Å². The summed E-state index contributed by atoms with van der Waals surface area (Å²) in [5, 5.41) is 12.9. The van der Waals surface area contributed by atoms with E-state index in [1.807, 2.05) is 30.3 Å². The van der Waals surface area contributed by atoms with Crippen LogP contribution in [0.4, 0.5) is 23.0 Å². The highest BCUT2D eigenvalue weighted by molar-refractivity contribution is 5.65. The lowest BCUT2D eigenvalue weighted by atomic mass is 10.2. The van der Waals surface area contributed by atoms with Gasteiger partial charge in [-0.3, -0.25) is 0 Å². The predicted molar refractivity (Wildman–Crippen MR) is 124 cm³/mol. The summed E-state index contributed by atoms with van der Waals surface area (Å²) < 4.78 is 5.42. The maximum atomic E-state index is 9.62. The minimum Gasteiger partial charge on any atom is -0.378 e. The largest absolute Gasteiger partial charge is 0.378 e. The molecule has 0 spiro atoms. The second-order valence-corrected chi connectivity index (χ2v) is 7.91. The first-order valence-corrected chi connectivity index (χ1v) is 11.0. The van der Waals surface area contributed by atoms with Crippen LogP contribution >= 0.6 is 0 Å². The van der Waals surface area contributed by atoms with Crippen molar-refractivity contribution >= 4 is 23.0 Å². The Bertz CT molecular complexity index is 1110. The van der Waals surface area contributed by atoms with E-state index in [0.717, 1.165) is 63.6 Å². The maximum Gasteiger partial charge on any atom is 0.227 e. The number of nitrogens with zero attached hydrogens (tertiary/aromatic N) is 6. The molecule has 2 fully saturated rings. The molecular formula is C24H25N7O. The summed E-state index contributed by atoms with van der Waals surface area (Å²) >= 11 is 0. The van der Waals surface area contributed by atoms with Crippen molar-refractivity contribution < 1.29 is 4.74 Å². The van der Waals surface area contributed by atoms with Crippen LogP contribution < -0.4 is 15.1 Å². The van der Waals surface area contributed by atoms with Crippen LogP contribution in [0.15, 0.2) is 48.7 Å². The van der Waals surface area contributed by atoms with Crippen molar-refractivity contribution in [2.24, 2.45) is 0 Å². The van der Waals surface area contributed by atoms with E-state index in [1.165, 1.54) is 5.69 Å². The average Bonchev–Trinajstić information content (AvgIpc) is 3.40. The van der Waals surface area contributed by atoms with Crippen LogP contribution in [0.1, 0.15) is 18.5 Å². The van der Waals surface area contributed by atoms with Crippen molar-refractivity contribution in [2.45, 2.75) is 12.8 Å². The van der Waals surface area contributed by atoms with Gasteiger partial charge in [-0.2, -0.15) is 5.26 Å². The van der Waals surface area contributed by atoms with Gasteiger partial charge in [0.25, 0.3) is 0 Å². The Morgan fingerprint density at radius 3 is 2.34 bits per heavy atom. The van der Waals surface area contributed by atoms with Crippen LogP contribution in [0.25, 0.3) is 11.4 Å². The lowest BCUT2D eigenvalue weighted by Gasteiger charge is -2.28. The molecule has 0 atom stereocenters. The van der Waals surface area contributed by atoms with Crippen molar-refractivity contribution in [3.8, 4) is 17.5 Å². The quantitative estimate of drug-likeness (QED) is 0.661. The first kappa shape index (κ1) is 20.2. The molecule has 5 rings (SSSR count). The molecule has 8 nitrogen and oxygen atoms in total. The number of nitriles is 1. The van der Waals surface area contributed by atoms with Gasteiger partial charge >= 0.3 is 0 Å². The van der Waals surface area contributed by atoms with Gasteiger partial charge in [-0.05, 0) is 55.3 Å². The summed E-state index contributed by atoms with van der Waals surface area (Å²) in [7, 11) is 0. The fourth-order valence-electron chi connectivity index (χ4n) is 4.16. The van der Waals surface area contributed by atoms with Crippen LogP contribution in [0, 0.1) is 11.3 Å². The third kappa shape index (κ3) is 4.34. The lowest BCUT2D eigenvalue weighted by Crippen LogP contribution is -2.36. The molecule has 2 aliphatic heterocycles. The molecule has 2 aliphatic rings. The molecule has 0 aliphatic carbocycles. The highest BCUT2D eigenvalue weighted by Gasteiger charge is 2.18. The second kappa shape index (κ2) is 9.20. The van der Waals surface area contributed by atoms with Crippen LogP contribution in [-0.2, 0) is 4.74 Å². The van der Waals surface area contributed by atoms with Crippen LogP contribution in [0.5, 0.6) is 0 Å². The van der Waals surface area contributed by atoms with E-state index in [0.29, 0.717) is 23.0 Å². The summed E-state index contributed by atoms with van der Waals surface area (Å²) in [5.41, 5.74) is 4.78. The molecule has 4 heterocycles. The Kier molecular flexibility index (Phi) is 5.81. The van der Waals surface area contributed by atoms with E-state index < -0.39 is 0 Å². The van der Waals surface area contributed by atoms with Crippen LogP contribution in [0.3, 0.4) is 0 Å². The van der Waals surface area contributed by atoms with Gasteiger partial charge in [-0.15, -0.1) is 0 Å². The highest BCUT2D eigenvalue weighted by atomic mass is 16.5. The number of aromatic nitrogens is 3. The Morgan fingerprint density at radius 1 is 0.844 bits per heavy atom. The number of anilines is 4. The zero-order valence-electron chi connectivity index (χ0n) is 17.9. The fraction of sp³-hybridized carbons (Fsp3) is 0.333. The first-order valence-electron chi connectivity index (χ1n) is 11.0. The fourth-order valence-corrected chi connectivity index (χ4v) is 4.16. The van der Waals surface area contributed by atoms with Crippen LogP contribution in [0.2, 0.25) is 0 Å². The molecule has 0 bridgehead atoms. The third-order valence-corrected chi connectivity index (χ3v) is 5.84. The first-order chi connectivity index (χ1) is 15.8. The van der Waals surface area contributed by atoms with Crippen LogP contribution in [-0.4, -0.2) is 54.3 Å². The van der Waals surface area contributed by atoms with E-state index in [4.69, 9.17) is 4.74 Å². The molecule has 0 unspecified atom stereocenters. The predicted octanol–water partition coefficient (Wildman–Crippen LogP) is 3.59. The number of hydrogen-bond acceptors (Lipinski definition) is 8. The summed E-state index contributed by atoms with van der Waals surface area (Å²) in [5.74, 6) is 0.491. The molecule has 8 heteroatoms. The number of morpholine rings is 1. The van der Waals surface area contributed by atoms with Crippen molar-refractivity contribution in [1.82, 2.24) is 15.0 Å². The van der Waals surface area contributed by atoms with Gasteiger partial charge in [-0.25, -0.2) is 15.0 Å². The van der Waals surface area contributed by atoms with E-state index in [9.17, 15) is 5.26 Å². The summed E-state index contributed by atoms with van der Waals surface area (Å²) in [6.07, 6.45) is 4.01. The van der Waals surface area contributed by atoms with Gasteiger partial charge in [0.15, 0.2) is 5.69 Å². The number of ether oxygens (including phenoxy) is 1. The van der Waals surface area contributed by atoms with Crippen molar-refractivity contribution in [3.05, 3.63) is 54.4 Å². The molecule has 0 radical (unpaired) electrons. The van der Waals surface area contributed by atoms with Crippen molar-refractivity contribution in [1.29, 1.82) is 5.26 Å². The van der Waals surface area contributed by atoms with Gasteiger partial charge in [0.1, 0.15) is 6.07 Å². The van der Waals surface area contributed by atoms with E-state index in [-0.39, 0.29) is 0 Å². The normalized spacial score (nSPS) is 16.1. The molecule has 1 aromatic carbocycles. The van der Waals surface area contributed by atoms with Gasteiger partial charge in [0.2, 0.25) is 5.95 Å². The molecule has 0 saturated carbocycles. The number of benzene rings is 1. The second-order valence-electron chi connectivity index (χ2n) is 7.91. The van der Waals surface area contributed by atoms with E-state index in [2.05, 4.69) is 48.3 Å². The lowest BCUT2D eigenvalue weighted by molar-refractivity contribution is 0.122. The molecule has 2 saturated heterocycles. The minimum absolute atomic E-state index is 0.441. The molecule has 1 N–H and O–H groups in total. The smallest absolute Gasteiger partial charge is 0.227 e. The Morgan fingerprint density at radius 2 is 1.59 bits per heavy atom. The maximum absolute atomic E-state index is 9.62. The van der Waals surface area contributed by atoms with Crippen molar-refractivity contribution in [2.75, 3.05) is 54.5 Å². The number of pyridine rings is 1. The molecule has 32 heavy (non-hydrogen) atoms. The Labute approximate surface area is 187 Å². The highest BCUT2D eigenvalue weighted by Crippen LogP contribution is 2.27. The SMILES string of the molecule is N#Cc1nc(-c2ccnc(Nc3ccc(N4CCOCC4)cc3)n2)ccc1N1CCCC1. The topological polar surface area (TPSA) is 90.2 Å². The zero-order chi connectivity index (χ0) is 21.8. The standard InChI is InChI=1S/C24H25N7O/c25-17-22-23(31-11-1-2-12-31)8-7-20(28-22)21-9-10-26-24(29-21)27-18-3-5-19(6-4-18)30-13-15-32-16-14-30/h3-10H,1-2,11-16H2,(H,26,27,29). The minimum atomic E-state index is 0.441. The number of rotatable bonds is 5. The number of hydrogen-bond donors (Lipinski definition) is 1. The number of nitrogens with one attached hydrogen (secondary N) is 1. The monoisotopic (exact) mass is 427 g/mol. The van der Waals surface area contributed by atoms with Gasteiger partial charge in [0, 0.05) is 43.8 Å². The van der Waals surface area contributed by atoms with E-state index >= 15 is 0 Å². The van der Waals surface area contributed by atoms with Gasteiger partial charge in [-0.1, -0.05) is 0 Å². The molecule has 162 valence electrons. The average molecular weight is 428 g/mol. The summed E-state index contributed by atoms with van der Waals surface area (Å²) in [6.45, 7) is 5.30. The molecular weight excluding hydrogens is 402 g/mol. The molecule has 0 amide bonds. The zero-order valence-corrected chi connectivity index (χ0v) is 17.9. The molecule has 3 aromatic rings. The van der Waals surface area contributed by atoms with Crippen molar-refractivity contribution in [3.63, 3.8) is 0 Å².